The topological polar surface area (TPSA) is 18.5 Å². The molecule has 0 saturated carbocycles. The van der Waals surface area contributed by atoms with E-state index in [-0.39, 0.29) is 5.82 Å². The van der Waals surface area contributed by atoms with Crippen molar-refractivity contribution < 1.29 is 13.9 Å². The molecular formula is C10H8BrFO2. The first-order chi connectivity index (χ1) is 6.62. The molecule has 0 saturated heterocycles. The molecule has 1 aliphatic heterocycles. The van der Waals surface area contributed by atoms with E-state index in [1.165, 1.54) is 18.6 Å². The van der Waals surface area contributed by atoms with Gasteiger partial charge in [0, 0.05) is 12.5 Å². The Labute approximate surface area is 89.5 Å². The Kier molecular flexibility index (Phi) is 2.23. The Morgan fingerprint density at radius 2 is 1.93 bits per heavy atom. The van der Waals surface area contributed by atoms with Crippen molar-refractivity contribution in [1.29, 1.82) is 0 Å². The minimum Gasteiger partial charge on any atom is -0.453 e. The van der Waals surface area contributed by atoms with E-state index in [4.69, 9.17) is 9.47 Å². The monoisotopic (exact) mass is 258 g/mol. The van der Waals surface area contributed by atoms with Gasteiger partial charge in [-0.05, 0) is 34.1 Å². The highest BCUT2D eigenvalue weighted by Crippen LogP contribution is 2.33. The first kappa shape index (κ1) is 9.52. The van der Waals surface area contributed by atoms with Crippen LogP contribution in [-0.4, -0.2) is 0 Å². The van der Waals surface area contributed by atoms with Gasteiger partial charge in [-0.15, -0.1) is 0 Å². The fourth-order valence-electron chi connectivity index (χ4n) is 1.26. The molecule has 0 radical (unpaired) electrons. The van der Waals surface area contributed by atoms with Crippen LogP contribution in [0.1, 0.15) is 12.5 Å². The van der Waals surface area contributed by atoms with Crippen LogP contribution in [0, 0.1) is 5.82 Å². The van der Waals surface area contributed by atoms with E-state index in [2.05, 4.69) is 15.9 Å². The highest BCUT2D eigenvalue weighted by Gasteiger charge is 2.32. The lowest BCUT2D eigenvalue weighted by molar-refractivity contribution is -0.133. The van der Waals surface area contributed by atoms with Gasteiger partial charge in [0.1, 0.15) is 18.3 Å². The molecule has 4 heteroatoms. The molecule has 0 amide bonds. The van der Waals surface area contributed by atoms with Crippen LogP contribution in [-0.2, 0) is 15.3 Å². The predicted molar refractivity (Wildman–Crippen MR) is 52.8 cm³/mol. The molecule has 1 heterocycles. The normalized spacial score (nSPS) is 17.6. The number of rotatable bonds is 1. The van der Waals surface area contributed by atoms with Gasteiger partial charge in [-0.3, -0.25) is 0 Å². The van der Waals surface area contributed by atoms with Crippen LogP contribution in [0.3, 0.4) is 0 Å². The largest absolute Gasteiger partial charge is 0.453 e. The van der Waals surface area contributed by atoms with Gasteiger partial charge in [-0.1, -0.05) is 0 Å². The fraction of sp³-hybridized carbons (Fsp3) is 0.200. The number of benzene rings is 1. The Bertz CT molecular complexity index is 382. The van der Waals surface area contributed by atoms with Crippen LogP contribution in [0.2, 0.25) is 0 Å². The van der Waals surface area contributed by atoms with E-state index in [0.29, 0.717) is 4.47 Å². The van der Waals surface area contributed by atoms with Crippen molar-refractivity contribution >= 4 is 15.9 Å². The maximum atomic E-state index is 13.0. The maximum absolute atomic E-state index is 13.0. The summed E-state index contributed by atoms with van der Waals surface area (Å²) in [5.41, 5.74) is 0.760. The minimum atomic E-state index is -0.837. The Balaban J connectivity index is 2.37. The van der Waals surface area contributed by atoms with Gasteiger partial charge in [0.25, 0.3) is 5.79 Å². The van der Waals surface area contributed by atoms with Gasteiger partial charge in [0.15, 0.2) is 0 Å². The van der Waals surface area contributed by atoms with Gasteiger partial charge in [-0.25, -0.2) is 4.39 Å². The zero-order valence-electron chi connectivity index (χ0n) is 7.46. The molecule has 1 aromatic rings. The summed E-state index contributed by atoms with van der Waals surface area (Å²) >= 11 is 3.11. The third kappa shape index (κ3) is 1.50. The lowest BCUT2D eigenvalue weighted by atomic mass is 10.1. The molecule has 2 rings (SSSR count). The number of ether oxygens (including phenoxy) is 2. The highest BCUT2D eigenvalue weighted by molar-refractivity contribution is 9.10. The van der Waals surface area contributed by atoms with Crippen LogP contribution in [0.5, 0.6) is 0 Å². The summed E-state index contributed by atoms with van der Waals surface area (Å²) in [4.78, 5) is 0. The van der Waals surface area contributed by atoms with E-state index in [1.54, 1.807) is 19.1 Å². The molecular weight excluding hydrogens is 251 g/mol. The van der Waals surface area contributed by atoms with E-state index in [0.717, 1.165) is 5.56 Å². The van der Waals surface area contributed by atoms with Gasteiger partial charge < -0.3 is 9.47 Å². The summed E-state index contributed by atoms with van der Waals surface area (Å²) < 4.78 is 23.9. The lowest BCUT2D eigenvalue weighted by Gasteiger charge is -2.23. The van der Waals surface area contributed by atoms with Crippen molar-refractivity contribution in [3.63, 3.8) is 0 Å². The molecule has 1 aromatic carbocycles. The molecule has 0 atom stereocenters. The van der Waals surface area contributed by atoms with E-state index < -0.39 is 5.79 Å². The average Bonchev–Trinajstić information content (AvgIpc) is 2.58. The van der Waals surface area contributed by atoms with Gasteiger partial charge in [0.2, 0.25) is 0 Å². The van der Waals surface area contributed by atoms with Crippen LogP contribution in [0.4, 0.5) is 4.39 Å². The Hall–Kier alpha value is -1.03. The van der Waals surface area contributed by atoms with Crippen LogP contribution in [0.25, 0.3) is 0 Å². The zero-order valence-corrected chi connectivity index (χ0v) is 9.05. The first-order valence-corrected chi connectivity index (χ1v) is 4.87. The Morgan fingerprint density at radius 1 is 1.29 bits per heavy atom. The number of halogens is 2. The van der Waals surface area contributed by atoms with Crippen LogP contribution < -0.4 is 0 Å². The maximum Gasteiger partial charge on any atom is 0.273 e. The van der Waals surface area contributed by atoms with Crippen LogP contribution in [0.15, 0.2) is 35.2 Å². The van der Waals surface area contributed by atoms with Crippen molar-refractivity contribution in [1.82, 2.24) is 0 Å². The number of hydrogen-bond acceptors (Lipinski definition) is 2. The molecule has 0 bridgehead atoms. The van der Waals surface area contributed by atoms with Crippen molar-refractivity contribution in [2.45, 2.75) is 12.7 Å². The van der Waals surface area contributed by atoms with Crippen molar-refractivity contribution in [3.05, 3.63) is 46.6 Å². The van der Waals surface area contributed by atoms with E-state index in [1.807, 2.05) is 0 Å². The molecule has 1 aliphatic rings. The summed E-state index contributed by atoms with van der Waals surface area (Å²) in [7, 11) is 0. The standard InChI is InChI=1S/C10H8BrFO2/c1-10(13-4-5-14-10)7-2-3-9(12)8(11)6-7/h2-6H,1H3. The third-order valence-corrected chi connectivity index (χ3v) is 2.69. The molecule has 0 aromatic heterocycles. The van der Waals surface area contributed by atoms with Gasteiger partial charge >= 0.3 is 0 Å². The molecule has 74 valence electrons. The SMILES string of the molecule is CC1(c2ccc(F)c(Br)c2)OC=CO1. The average molecular weight is 259 g/mol. The molecule has 0 N–H and O–H groups in total. The van der Waals surface area contributed by atoms with Crippen molar-refractivity contribution in [2.75, 3.05) is 0 Å². The predicted octanol–water partition coefficient (Wildman–Crippen LogP) is 3.28. The summed E-state index contributed by atoms with van der Waals surface area (Å²) in [6.45, 7) is 1.77. The summed E-state index contributed by atoms with van der Waals surface area (Å²) in [5.74, 6) is -1.14. The highest BCUT2D eigenvalue weighted by atomic mass is 79.9. The minimum absolute atomic E-state index is 0.302. The van der Waals surface area contributed by atoms with Crippen molar-refractivity contribution in [3.8, 4) is 0 Å². The Morgan fingerprint density at radius 3 is 2.50 bits per heavy atom. The van der Waals surface area contributed by atoms with Gasteiger partial charge in [-0.2, -0.15) is 0 Å². The zero-order chi connectivity index (χ0) is 10.2. The molecule has 14 heavy (non-hydrogen) atoms. The summed E-state index contributed by atoms with van der Waals surface area (Å²) in [5, 5.41) is 0. The summed E-state index contributed by atoms with van der Waals surface area (Å²) in [6, 6.07) is 4.64. The lowest BCUT2D eigenvalue weighted by Crippen LogP contribution is -2.22. The fourth-order valence-corrected chi connectivity index (χ4v) is 1.64. The third-order valence-electron chi connectivity index (χ3n) is 2.09. The molecule has 0 aliphatic carbocycles. The molecule has 2 nitrogen and oxygen atoms in total. The van der Waals surface area contributed by atoms with E-state index >= 15 is 0 Å². The van der Waals surface area contributed by atoms with Crippen molar-refractivity contribution in [2.24, 2.45) is 0 Å². The van der Waals surface area contributed by atoms with E-state index in [9.17, 15) is 4.39 Å². The number of hydrogen-bond donors (Lipinski definition) is 0. The van der Waals surface area contributed by atoms with Gasteiger partial charge in [0.05, 0.1) is 4.47 Å². The second-order valence-electron chi connectivity index (χ2n) is 3.08. The molecule has 0 fully saturated rings. The quantitative estimate of drug-likeness (QED) is 0.770. The second kappa shape index (κ2) is 3.28. The molecule has 0 spiro atoms. The second-order valence-corrected chi connectivity index (χ2v) is 3.94. The summed E-state index contributed by atoms with van der Waals surface area (Å²) in [6.07, 6.45) is 2.94. The first-order valence-electron chi connectivity index (χ1n) is 4.08. The van der Waals surface area contributed by atoms with Crippen LogP contribution >= 0.6 is 15.9 Å². The molecule has 0 unspecified atom stereocenters. The smallest absolute Gasteiger partial charge is 0.273 e.